The predicted octanol–water partition coefficient (Wildman–Crippen LogP) is 4.58. The van der Waals surface area contributed by atoms with Crippen molar-refractivity contribution in [1.82, 2.24) is 4.98 Å². The predicted molar refractivity (Wildman–Crippen MR) is 108 cm³/mol. The van der Waals surface area contributed by atoms with Crippen LogP contribution >= 0.6 is 11.3 Å². The highest BCUT2D eigenvalue weighted by Gasteiger charge is 2.20. The summed E-state index contributed by atoms with van der Waals surface area (Å²) in [5.41, 5.74) is 2.86. The van der Waals surface area contributed by atoms with E-state index in [1.54, 1.807) is 10.3 Å². The van der Waals surface area contributed by atoms with Crippen LogP contribution in [0.3, 0.4) is 0 Å². The molecule has 1 aromatic heterocycles. The van der Waals surface area contributed by atoms with Crippen molar-refractivity contribution in [2.24, 2.45) is 0 Å². The Bertz CT molecular complexity index is 968. The van der Waals surface area contributed by atoms with E-state index in [2.05, 4.69) is 10.3 Å². The summed E-state index contributed by atoms with van der Waals surface area (Å²) in [6, 6.07) is 17.2. The molecule has 1 fully saturated rings. The number of piperidine rings is 1. The van der Waals surface area contributed by atoms with Gasteiger partial charge in [-0.25, -0.2) is 4.98 Å². The van der Waals surface area contributed by atoms with Gasteiger partial charge in [-0.15, -0.1) is 11.3 Å². The number of nitrogens with one attached hydrogen (secondary N) is 1. The van der Waals surface area contributed by atoms with Crippen molar-refractivity contribution in [2.75, 3.05) is 16.8 Å². The fourth-order valence-electron chi connectivity index (χ4n) is 3.12. The quantitative estimate of drug-likeness (QED) is 0.724. The first-order chi connectivity index (χ1) is 13.2. The Morgan fingerprint density at radius 3 is 2.74 bits per heavy atom. The zero-order valence-electron chi connectivity index (χ0n) is 14.7. The number of nitrogens with zero attached hydrogens (tertiary/aromatic N) is 2. The van der Waals surface area contributed by atoms with Crippen LogP contribution < -0.4 is 10.2 Å². The standard InChI is InChI=1S/C21H19N3O2S/c25-19-11-4-5-12-24(19)17-10-6-9-16(13-17)22-20(26)18-14-27-21(23-18)15-7-2-1-3-8-15/h1-3,6-10,13-14H,4-5,11-12H2,(H,22,26). The number of amides is 2. The number of carbonyl (C=O) groups is 2. The van der Waals surface area contributed by atoms with Crippen molar-refractivity contribution in [2.45, 2.75) is 19.3 Å². The largest absolute Gasteiger partial charge is 0.321 e. The molecule has 0 spiro atoms. The maximum absolute atomic E-state index is 12.6. The van der Waals surface area contributed by atoms with Crippen LogP contribution in [0.15, 0.2) is 60.0 Å². The van der Waals surface area contributed by atoms with Gasteiger partial charge in [0.1, 0.15) is 10.7 Å². The van der Waals surface area contributed by atoms with E-state index in [9.17, 15) is 9.59 Å². The van der Waals surface area contributed by atoms with Gasteiger partial charge in [0.15, 0.2) is 0 Å². The molecule has 0 bridgehead atoms. The van der Waals surface area contributed by atoms with Crippen LogP contribution in [-0.2, 0) is 4.79 Å². The summed E-state index contributed by atoms with van der Waals surface area (Å²) in [4.78, 5) is 30.9. The summed E-state index contributed by atoms with van der Waals surface area (Å²) in [7, 11) is 0. The Labute approximate surface area is 161 Å². The van der Waals surface area contributed by atoms with Gasteiger partial charge < -0.3 is 10.2 Å². The molecule has 6 heteroatoms. The van der Waals surface area contributed by atoms with E-state index in [1.807, 2.05) is 54.6 Å². The average Bonchev–Trinajstić information content (AvgIpc) is 3.20. The van der Waals surface area contributed by atoms with Crippen molar-refractivity contribution in [3.8, 4) is 10.6 Å². The van der Waals surface area contributed by atoms with Crippen molar-refractivity contribution in [3.05, 3.63) is 65.7 Å². The Morgan fingerprint density at radius 1 is 1.07 bits per heavy atom. The molecule has 3 aromatic rings. The van der Waals surface area contributed by atoms with E-state index < -0.39 is 0 Å². The van der Waals surface area contributed by atoms with E-state index in [4.69, 9.17) is 0 Å². The van der Waals surface area contributed by atoms with Gasteiger partial charge in [-0.1, -0.05) is 36.4 Å². The first-order valence-electron chi connectivity index (χ1n) is 8.93. The molecule has 4 rings (SSSR count). The average molecular weight is 377 g/mol. The summed E-state index contributed by atoms with van der Waals surface area (Å²) in [5, 5.41) is 5.46. The minimum Gasteiger partial charge on any atom is -0.321 e. The highest BCUT2D eigenvalue weighted by molar-refractivity contribution is 7.13. The van der Waals surface area contributed by atoms with Crippen molar-refractivity contribution >= 4 is 34.5 Å². The minimum atomic E-state index is -0.254. The second-order valence-electron chi connectivity index (χ2n) is 6.41. The first-order valence-corrected chi connectivity index (χ1v) is 9.81. The van der Waals surface area contributed by atoms with Gasteiger partial charge in [0.25, 0.3) is 5.91 Å². The number of hydrogen-bond donors (Lipinski definition) is 1. The molecular weight excluding hydrogens is 358 g/mol. The molecular formula is C21H19N3O2S. The summed E-state index contributed by atoms with van der Waals surface area (Å²) in [5.74, 6) is -0.118. The summed E-state index contributed by atoms with van der Waals surface area (Å²) >= 11 is 1.44. The van der Waals surface area contributed by atoms with Gasteiger partial charge >= 0.3 is 0 Å². The fourth-order valence-corrected chi connectivity index (χ4v) is 3.92. The Kier molecular flexibility index (Phi) is 4.98. The molecule has 2 heterocycles. The van der Waals surface area contributed by atoms with Crippen LogP contribution in [0.25, 0.3) is 10.6 Å². The van der Waals surface area contributed by atoms with E-state index in [0.717, 1.165) is 35.6 Å². The molecule has 1 saturated heterocycles. The lowest BCUT2D eigenvalue weighted by molar-refractivity contribution is -0.119. The number of carbonyl (C=O) groups excluding carboxylic acids is 2. The third-order valence-corrected chi connectivity index (χ3v) is 5.39. The van der Waals surface area contributed by atoms with Crippen LogP contribution in [0.2, 0.25) is 0 Å². The molecule has 2 amide bonds. The van der Waals surface area contributed by atoms with Crippen LogP contribution in [0.4, 0.5) is 11.4 Å². The second-order valence-corrected chi connectivity index (χ2v) is 7.27. The minimum absolute atomic E-state index is 0.136. The maximum Gasteiger partial charge on any atom is 0.275 e. The van der Waals surface area contributed by atoms with E-state index in [1.165, 1.54) is 11.3 Å². The highest BCUT2D eigenvalue weighted by Crippen LogP contribution is 2.26. The van der Waals surface area contributed by atoms with E-state index in [-0.39, 0.29) is 11.8 Å². The molecule has 136 valence electrons. The van der Waals surface area contributed by atoms with Crippen molar-refractivity contribution in [3.63, 3.8) is 0 Å². The molecule has 0 aliphatic carbocycles. The topological polar surface area (TPSA) is 62.3 Å². The van der Waals surface area contributed by atoms with Crippen LogP contribution in [0, 0.1) is 0 Å². The first kappa shape index (κ1) is 17.4. The number of rotatable bonds is 4. The van der Waals surface area contributed by atoms with Gasteiger partial charge in [0.05, 0.1) is 0 Å². The van der Waals surface area contributed by atoms with Gasteiger partial charge in [0.2, 0.25) is 5.91 Å². The summed E-state index contributed by atoms with van der Waals surface area (Å²) in [6.45, 7) is 0.725. The van der Waals surface area contributed by atoms with E-state index in [0.29, 0.717) is 17.8 Å². The lowest BCUT2D eigenvalue weighted by atomic mass is 10.1. The number of aromatic nitrogens is 1. The molecule has 0 saturated carbocycles. The molecule has 5 nitrogen and oxygen atoms in total. The molecule has 2 aromatic carbocycles. The molecule has 0 radical (unpaired) electrons. The normalized spacial score (nSPS) is 14.2. The van der Waals surface area contributed by atoms with Crippen LogP contribution in [0.5, 0.6) is 0 Å². The molecule has 1 N–H and O–H groups in total. The molecule has 0 unspecified atom stereocenters. The lowest BCUT2D eigenvalue weighted by Crippen LogP contribution is -2.35. The summed E-state index contributed by atoms with van der Waals surface area (Å²) in [6.07, 6.45) is 2.53. The SMILES string of the molecule is O=C(Nc1cccc(N2CCCCC2=O)c1)c1csc(-c2ccccc2)n1. The summed E-state index contributed by atoms with van der Waals surface area (Å²) < 4.78 is 0. The van der Waals surface area contributed by atoms with Crippen molar-refractivity contribution in [1.29, 1.82) is 0 Å². The van der Waals surface area contributed by atoms with Gasteiger partial charge in [-0.3, -0.25) is 9.59 Å². The molecule has 1 aliphatic rings. The number of thiazole rings is 1. The second kappa shape index (κ2) is 7.72. The van der Waals surface area contributed by atoms with Gasteiger partial charge in [-0.05, 0) is 31.0 Å². The Balaban J connectivity index is 1.49. The number of anilines is 2. The van der Waals surface area contributed by atoms with Crippen LogP contribution in [0.1, 0.15) is 29.8 Å². The van der Waals surface area contributed by atoms with E-state index >= 15 is 0 Å². The lowest BCUT2D eigenvalue weighted by Gasteiger charge is -2.27. The Morgan fingerprint density at radius 2 is 1.93 bits per heavy atom. The molecule has 27 heavy (non-hydrogen) atoms. The number of hydrogen-bond acceptors (Lipinski definition) is 4. The number of benzene rings is 2. The highest BCUT2D eigenvalue weighted by atomic mass is 32.1. The zero-order chi connectivity index (χ0) is 18.6. The fraction of sp³-hybridized carbons (Fsp3) is 0.190. The monoisotopic (exact) mass is 377 g/mol. The van der Waals surface area contributed by atoms with Crippen LogP contribution in [-0.4, -0.2) is 23.3 Å². The van der Waals surface area contributed by atoms with Gasteiger partial charge in [0, 0.05) is 35.3 Å². The molecule has 1 aliphatic heterocycles. The van der Waals surface area contributed by atoms with Crippen molar-refractivity contribution < 1.29 is 9.59 Å². The zero-order valence-corrected chi connectivity index (χ0v) is 15.5. The third-order valence-electron chi connectivity index (χ3n) is 4.50. The third kappa shape index (κ3) is 3.90. The molecule has 0 atom stereocenters. The Hall–Kier alpha value is -2.99. The smallest absolute Gasteiger partial charge is 0.275 e. The maximum atomic E-state index is 12.6. The van der Waals surface area contributed by atoms with Gasteiger partial charge in [-0.2, -0.15) is 0 Å².